The zero-order chi connectivity index (χ0) is 25.5. The molecule has 3 aromatic carbocycles. The van der Waals surface area contributed by atoms with E-state index in [-0.39, 0.29) is 27.4 Å². The van der Waals surface area contributed by atoms with E-state index in [9.17, 15) is 33.2 Å². The minimum absolute atomic E-state index is 0.151. The molecule has 12 heteroatoms. The van der Waals surface area contributed by atoms with Crippen molar-refractivity contribution in [2.75, 3.05) is 4.90 Å². The summed E-state index contributed by atoms with van der Waals surface area (Å²) in [6.45, 7) is 0. The second kappa shape index (κ2) is 8.95. The molecule has 1 atom stereocenters. The van der Waals surface area contributed by atoms with Crippen LogP contribution >= 0.6 is 11.6 Å². The van der Waals surface area contributed by atoms with Crippen molar-refractivity contribution in [3.63, 3.8) is 0 Å². The first kappa shape index (κ1) is 24.1. The molecule has 35 heavy (non-hydrogen) atoms. The number of Topliss-reactive ketones (excluding diaryl/α,β-unsaturated/α-hetero) is 1. The number of nitro groups is 1. The highest BCUT2D eigenvalue weighted by molar-refractivity contribution is 7.89. The number of aliphatic hydroxyl groups is 1. The molecule has 0 aliphatic carbocycles. The Morgan fingerprint density at radius 3 is 2.06 bits per heavy atom. The lowest BCUT2D eigenvalue weighted by atomic mass is 9.95. The SMILES string of the molecule is NS(=O)(=O)c1ccc(N2C(=O)C(=O)/C(=C(\O)c3ccc(Cl)cc3)C2c2ccc([N+](=O)[O-])cc2)cc1. The smallest absolute Gasteiger partial charge is 0.300 e. The normalized spacial score (nSPS) is 17.5. The lowest BCUT2D eigenvalue weighted by molar-refractivity contribution is -0.384. The van der Waals surface area contributed by atoms with E-state index in [4.69, 9.17) is 16.7 Å². The van der Waals surface area contributed by atoms with Crippen LogP contribution in [0.1, 0.15) is 17.2 Å². The fraction of sp³-hybridized carbons (Fsp3) is 0.0435. The van der Waals surface area contributed by atoms with Gasteiger partial charge in [-0.3, -0.25) is 24.6 Å². The highest BCUT2D eigenvalue weighted by Crippen LogP contribution is 2.42. The van der Waals surface area contributed by atoms with E-state index in [0.717, 1.165) is 4.90 Å². The van der Waals surface area contributed by atoms with E-state index in [2.05, 4.69) is 0 Å². The van der Waals surface area contributed by atoms with Gasteiger partial charge in [0.1, 0.15) is 5.76 Å². The van der Waals surface area contributed by atoms with E-state index < -0.39 is 38.4 Å². The van der Waals surface area contributed by atoms with Gasteiger partial charge in [0, 0.05) is 28.4 Å². The van der Waals surface area contributed by atoms with Crippen molar-refractivity contribution in [1.29, 1.82) is 0 Å². The molecular formula is C23H16ClN3O7S. The second-order valence-electron chi connectivity index (χ2n) is 7.56. The van der Waals surface area contributed by atoms with Crippen molar-refractivity contribution >= 4 is 50.4 Å². The van der Waals surface area contributed by atoms with Crippen molar-refractivity contribution in [3.8, 4) is 0 Å². The molecule has 4 rings (SSSR count). The van der Waals surface area contributed by atoms with Gasteiger partial charge in [-0.05, 0) is 66.2 Å². The number of non-ortho nitro benzene ring substituents is 1. The van der Waals surface area contributed by atoms with Crippen LogP contribution < -0.4 is 10.0 Å². The molecule has 1 saturated heterocycles. The third kappa shape index (κ3) is 4.52. The Balaban J connectivity index is 1.92. The number of nitrogens with two attached hydrogens (primary N) is 1. The van der Waals surface area contributed by atoms with Crippen molar-refractivity contribution in [1.82, 2.24) is 0 Å². The van der Waals surface area contributed by atoms with Crippen LogP contribution in [-0.4, -0.2) is 30.1 Å². The van der Waals surface area contributed by atoms with Gasteiger partial charge in [0.25, 0.3) is 17.4 Å². The monoisotopic (exact) mass is 513 g/mol. The lowest BCUT2D eigenvalue weighted by Gasteiger charge is -2.25. The van der Waals surface area contributed by atoms with E-state index >= 15 is 0 Å². The number of sulfonamides is 1. The molecule has 0 spiro atoms. The number of primary sulfonamides is 1. The Kier molecular flexibility index (Phi) is 6.15. The summed E-state index contributed by atoms with van der Waals surface area (Å²) in [6, 6.07) is 14.9. The number of rotatable bonds is 5. The highest BCUT2D eigenvalue weighted by Gasteiger charge is 2.47. The number of ketones is 1. The van der Waals surface area contributed by atoms with Crippen LogP contribution in [0.5, 0.6) is 0 Å². The first-order valence-electron chi connectivity index (χ1n) is 9.93. The van der Waals surface area contributed by atoms with Crippen molar-refractivity contribution in [2.24, 2.45) is 5.14 Å². The largest absolute Gasteiger partial charge is 0.507 e. The third-order valence-corrected chi connectivity index (χ3v) is 6.61. The first-order valence-corrected chi connectivity index (χ1v) is 11.9. The Bertz CT molecular complexity index is 1480. The molecule has 3 N–H and O–H groups in total. The quantitative estimate of drug-likeness (QED) is 0.173. The predicted molar refractivity (Wildman–Crippen MR) is 127 cm³/mol. The number of nitro benzene ring substituents is 1. The Morgan fingerprint density at radius 2 is 1.54 bits per heavy atom. The molecule has 0 saturated carbocycles. The molecular weight excluding hydrogens is 498 g/mol. The molecule has 178 valence electrons. The lowest BCUT2D eigenvalue weighted by Crippen LogP contribution is -2.29. The highest BCUT2D eigenvalue weighted by atomic mass is 35.5. The van der Waals surface area contributed by atoms with Gasteiger partial charge >= 0.3 is 0 Å². The van der Waals surface area contributed by atoms with Gasteiger partial charge in [-0.1, -0.05) is 11.6 Å². The first-order chi connectivity index (χ1) is 16.5. The van der Waals surface area contributed by atoms with Crippen LogP contribution in [0.25, 0.3) is 5.76 Å². The standard InChI is InChI=1S/C23H16ClN3O7S/c24-15-5-1-14(2-6-15)21(28)19-20(13-3-7-17(8-4-13)27(31)32)26(23(30)22(19)29)16-9-11-18(12-10-16)35(25,33)34/h1-12,20,28H,(H2,25,33,34)/b21-19-. The maximum atomic E-state index is 13.1. The topological polar surface area (TPSA) is 161 Å². The number of aliphatic hydroxyl groups excluding tert-OH is 1. The summed E-state index contributed by atoms with van der Waals surface area (Å²) in [5.41, 5.74) is 0.227. The minimum atomic E-state index is -4.00. The molecule has 1 aliphatic rings. The molecule has 1 amide bonds. The number of anilines is 1. The van der Waals surface area contributed by atoms with Crippen LogP contribution in [0.2, 0.25) is 5.02 Å². The van der Waals surface area contributed by atoms with Crippen molar-refractivity contribution in [3.05, 3.63) is 105 Å². The second-order valence-corrected chi connectivity index (χ2v) is 9.56. The predicted octanol–water partition coefficient (Wildman–Crippen LogP) is 3.52. The number of nitrogens with zero attached hydrogens (tertiary/aromatic N) is 2. The minimum Gasteiger partial charge on any atom is -0.507 e. The van der Waals surface area contributed by atoms with Crippen LogP contribution in [0.3, 0.4) is 0 Å². The van der Waals surface area contributed by atoms with Crippen LogP contribution in [-0.2, 0) is 19.6 Å². The summed E-state index contributed by atoms with van der Waals surface area (Å²) in [6.07, 6.45) is 0. The molecule has 1 aliphatic heterocycles. The molecule has 0 bridgehead atoms. The Labute approximate surface area is 204 Å². The number of amides is 1. The third-order valence-electron chi connectivity index (χ3n) is 5.43. The van der Waals surface area contributed by atoms with Gasteiger partial charge in [-0.2, -0.15) is 0 Å². The van der Waals surface area contributed by atoms with E-state index in [1.54, 1.807) is 0 Å². The fourth-order valence-corrected chi connectivity index (χ4v) is 4.39. The maximum absolute atomic E-state index is 13.1. The van der Waals surface area contributed by atoms with Crippen LogP contribution in [0, 0.1) is 10.1 Å². The fourth-order valence-electron chi connectivity index (χ4n) is 3.75. The van der Waals surface area contributed by atoms with E-state index in [1.165, 1.54) is 72.8 Å². The summed E-state index contributed by atoms with van der Waals surface area (Å²) in [5, 5.41) is 27.6. The Hall–Kier alpha value is -4.06. The summed E-state index contributed by atoms with van der Waals surface area (Å²) in [4.78, 5) is 37.6. The van der Waals surface area contributed by atoms with Gasteiger partial charge < -0.3 is 5.11 Å². The number of halogens is 1. The number of benzene rings is 3. The molecule has 10 nitrogen and oxygen atoms in total. The molecule has 3 aromatic rings. The summed E-state index contributed by atoms with van der Waals surface area (Å²) in [7, 11) is -4.00. The molecule has 0 radical (unpaired) electrons. The molecule has 1 fully saturated rings. The zero-order valence-electron chi connectivity index (χ0n) is 17.7. The van der Waals surface area contributed by atoms with Crippen molar-refractivity contribution in [2.45, 2.75) is 10.9 Å². The number of carbonyl (C=O) groups is 2. The average molecular weight is 514 g/mol. The number of hydrogen-bond donors (Lipinski definition) is 2. The number of hydrogen-bond acceptors (Lipinski definition) is 7. The van der Waals surface area contributed by atoms with E-state index in [0.29, 0.717) is 10.6 Å². The van der Waals surface area contributed by atoms with Gasteiger partial charge in [0.15, 0.2) is 0 Å². The van der Waals surface area contributed by atoms with Gasteiger partial charge in [-0.15, -0.1) is 0 Å². The summed E-state index contributed by atoms with van der Waals surface area (Å²) in [5.74, 6) is -2.43. The van der Waals surface area contributed by atoms with Gasteiger partial charge in [0.2, 0.25) is 10.0 Å². The average Bonchev–Trinajstić information content (AvgIpc) is 3.09. The molecule has 0 aromatic heterocycles. The van der Waals surface area contributed by atoms with Crippen LogP contribution in [0.4, 0.5) is 11.4 Å². The maximum Gasteiger partial charge on any atom is 0.300 e. The molecule has 1 unspecified atom stereocenters. The van der Waals surface area contributed by atoms with E-state index in [1.807, 2.05) is 0 Å². The summed E-state index contributed by atoms with van der Waals surface area (Å²) < 4.78 is 23.2. The summed E-state index contributed by atoms with van der Waals surface area (Å²) >= 11 is 5.91. The van der Waals surface area contributed by atoms with Crippen LogP contribution in [0.15, 0.2) is 83.3 Å². The zero-order valence-corrected chi connectivity index (χ0v) is 19.2. The van der Waals surface area contributed by atoms with Gasteiger partial charge in [-0.25, -0.2) is 13.6 Å². The Morgan fingerprint density at radius 1 is 0.971 bits per heavy atom. The molecule has 1 heterocycles. The van der Waals surface area contributed by atoms with Gasteiger partial charge in [0.05, 0.1) is 21.4 Å². The number of carbonyl (C=O) groups excluding carboxylic acids is 2. The van der Waals surface area contributed by atoms with Crippen molar-refractivity contribution < 1.29 is 28.0 Å².